The van der Waals surface area contributed by atoms with Gasteiger partial charge in [-0.1, -0.05) is 19.9 Å². The molecule has 17 heavy (non-hydrogen) atoms. The van der Waals surface area contributed by atoms with Crippen LogP contribution in [-0.4, -0.2) is 12.7 Å². The smallest absolute Gasteiger partial charge is 0.137 e. The normalized spacial score (nSPS) is 15.0. The fraction of sp³-hybridized carbons (Fsp3) is 0.538. The first-order valence-corrected chi connectivity index (χ1v) is 6.53. The lowest BCUT2D eigenvalue weighted by Crippen LogP contribution is -2.30. The molecule has 0 amide bonds. The molecule has 0 saturated heterocycles. The lowest BCUT2D eigenvalue weighted by Gasteiger charge is -2.23. The molecule has 0 heterocycles. The molecule has 2 N–H and O–H groups in total. The molecule has 1 aromatic carbocycles. The van der Waals surface area contributed by atoms with Crippen molar-refractivity contribution in [3.8, 4) is 0 Å². The zero-order chi connectivity index (χ0) is 13.0. The summed E-state index contributed by atoms with van der Waals surface area (Å²) in [6.07, 6.45) is -0.712. The highest BCUT2D eigenvalue weighted by Crippen LogP contribution is 2.23. The number of hydrogen-bond donors (Lipinski definition) is 1. The van der Waals surface area contributed by atoms with Crippen molar-refractivity contribution in [1.82, 2.24) is 0 Å². The molecule has 0 aliphatic carbocycles. The Bertz CT molecular complexity index is 368. The van der Waals surface area contributed by atoms with Gasteiger partial charge in [0.05, 0.1) is 4.47 Å². The highest BCUT2D eigenvalue weighted by Gasteiger charge is 2.23. The van der Waals surface area contributed by atoms with E-state index in [1.807, 2.05) is 13.8 Å². The van der Waals surface area contributed by atoms with Crippen LogP contribution in [-0.2, 0) is 6.42 Å². The van der Waals surface area contributed by atoms with Crippen LogP contribution < -0.4 is 5.73 Å². The van der Waals surface area contributed by atoms with Crippen molar-refractivity contribution in [2.75, 3.05) is 6.54 Å². The molecule has 1 nitrogen and oxygen atoms in total. The van der Waals surface area contributed by atoms with Gasteiger partial charge in [0.2, 0.25) is 0 Å². The van der Waals surface area contributed by atoms with Gasteiger partial charge in [-0.15, -0.1) is 0 Å². The summed E-state index contributed by atoms with van der Waals surface area (Å²) in [6, 6.07) is 4.58. The maximum atomic E-state index is 14.0. The summed E-state index contributed by atoms with van der Waals surface area (Å²) in [4.78, 5) is 0. The molecule has 0 aliphatic heterocycles. The Labute approximate surface area is 110 Å². The van der Waals surface area contributed by atoms with Crippen molar-refractivity contribution in [3.63, 3.8) is 0 Å². The summed E-state index contributed by atoms with van der Waals surface area (Å²) < 4.78 is 27.4. The second-order valence-electron chi connectivity index (χ2n) is 4.61. The Hall–Kier alpha value is -0.480. The highest BCUT2D eigenvalue weighted by molar-refractivity contribution is 9.10. The largest absolute Gasteiger partial charge is 0.330 e. The fourth-order valence-corrected chi connectivity index (χ4v) is 2.31. The maximum Gasteiger partial charge on any atom is 0.137 e. The van der Waals surface area contributed by atoms with Gasteiger partial charge < -0.3 is 5.73 Å². The minimum Gasteiger partial charge on any atom is -0.330 e. The van der Waals surface area contributed by atoms with Crippen LogP contribution in [0.4, 0.5) is 8.78 Å². The van der Waals surface area contributed by atoms with Gasteiger partial charge in [0.25, 0.3) is 0 Å². The first-order valence-electron chi connectivity index (χ1n) is 5.73. The number of rotatable bonds is 5. The van der Waals surface area contributed by atoms with Gasteiger partial charge in [-0.05, 0) is 46.1 Å². The predicted molar refractivity (Wildman–Crippen MR) is 70.1 cm³/mol. The lowest BCUT2D eigenvalue weighted by atomic mass is 9.88. The van der Waals surface area contributed by atoms with Crippen molar-refractivity contribution in [2.24, 2.45) is 17.6 Å². The number of halogens is 3. The molecule has 1 rings (SSSR count). The van der Waals surface area contributed by atoms with Gasteiger partial charge in [-0.25, -0.2) is 8.78 Å². The van der Waals surface area contributed by atoms with Gasteiger partial charge in [0.1, 0.15) is 12.0 Å². The monoisotopic (exact) mass is 305 g/mol. The zero-order valence-electron chi connectivity index (χ0n) is 10.1. The van der Waals surface area contributed by atoms with Crippen LogP contribution in [0, 0.1) is 17.7 Å². The molecule has 0 aliphatic rings. The third-order valence-electron chi connectivity index (χ3n) is 3.01. The molecule has 0 bridgehead atoms. The fourth-order valence-electron chi connectivity index (χ4n) is 1.88. The Balaban J connectivity index is 2.73. The van der Waals surface area contributed by atoms with E-state index in [0.29, 0.717) is 11.0 Å². The van der Waals surface area contributed by atoms with E-state index in [-0.39, 0.29) is 24.1 Å². The summed E-state index contributed by atoms with van der Waals surface area (Å²) in [5.74, 6) is -0.277. The summed E-state index contributed by atoms with van der Waals surface area (Å²) in [7, 11) is 0. The molecule has 1 aromatic rings. The van der Waals surface area contributed by atoms with Crippen molar-refractivity contribution < 1.29 is 8.78 Å². The van der Waals surface area contributed by atoms with Crippen LogP contribution in [0.25, 0.3) is 0 Å². The zero-order valence-corrected chi connectivity index (χ0v) is 11.7. The average Bonchev–Trinajstić information content (AvgIpc) is 2.24. The number of benzene rings is 1. The number of hydrogen-bond acceptors (Lipinski definition) is 1. The van der Waals surface area contributed by atoms with Crippen LogP contribution in [0.5, 0.6) is 0 Å². The minimum atomic E-state index is -0.989. The molecule has 96 valence electrons. The molecular formula is C13H18BrF2N. The molecule has 0 radical (unpaired) electrons. The molecule has 0 fully saturated rings. The number of nitrogens with two attached hydrogens (primary N) is 1. The van der Waals surface area contributed by atoms with Crippen LogP contribution >= 0.6 is 15.9 Å². The van der Waals surface area contributed by atoms with E-state index < -0.39 is 6.17 Å². The SMILES string of the molecule is CC(C)C(CN)C(F)Cc1ccc(F)c(Br)c1. The van der Waals surface area contributed by atoms with Crippen molar-refractivity contribution in [2.45, 2.75) is 26.4 Å². The van der Waals surface area contributed by atoms with Gasteiger partial charge in [-0.3, -0.25) is 0 Å². The standard InChI is InChI=1S/C13H18BrF2N/c1-8(2)10(7-17)13(16)6-9-3-4-12(15)11(14)5-9/h3-5,8,10,13H,6-7,17H2,1-2H3. The van der Waals surface area contributed by atoms with Crippen LogP contribution in [0.1, 0.15) is 19.4 Å². The van der Waals surface area contributed by atoms with E-state index in [1.165, 1.54) is 6.07 Å². The Morgan fingerprint density at radius 2 is 2.00 bits per heavy atom. The molecular weight excluding hydrogens is 288 g/mol. The Morgan fingerprint density at radius 3 is 2.47 bits per heavy atom. The summed E-state index contributed by atoms with van der Waals surface area (Å²) in [6.45, 7) is 4.26. The topological polar surface area (TPSA) is 26.0 Å². The van der Waals surface area contributed by atoms with E-state index >= 15 is 0 Å². The highest BCUT2D eigenvalue weighted by atomic mass is 79.9. The first-order chi connectivity index (χ1) is 7.95. The molecule has 2 atom stereocenters. The van der Waals surface area contributed by atoms with Crippen LogP contribution in [0.15, 0.2) is 22.7 Å². The lowest BCUT2D eigenvalue weighted by molar-refractivity contribution is 0.185. The van der Waals surface area contributed by atoms with Crippen molar-refractivity contribution in [3.05, 3.63) is 34.1 Å². The predicted octanol–water partition coefficient (Wildman–Crippen LogP) is 3.70. The van der Waals surface area contributed by atoms with E-state index in [9.17, 15) is 8.78 Å². The van der Waals surface area contributed by atoms with Crippen LogP contribution in [0.3, 0.4) is 0 Å². The quantitative estimate of drug-likeness (QED) is 0.882. The van der Waals surface area contributed by atoms with Gasteiger partial charge in [0, 0.05) is 12.3 Å². The molecule has 0 spiro atoms. The Kier molecular flexibility index (Phi) is 5.53. The second-order valence-corrected chi connectivity index (χ2v) is 5.47. The van der Waals surface area contributed by atoms with Crippen LogP contribution in [0.2, 0.25) is 0 Å². The summed E-state index contributed by atoms with van der Waals surface area (Å²) in [5.41, 5.74) is 6.36. The van der Waals surface area contributed by atoms with E-state index in [0.717, 1.165) is 5.56 Å². The number of alkyl halides is 1. The van der Waals surface area contributed by atoms with E-state index in [2.05, 4.69) is 15.9 Å². The third-order valence-corrected chi connectivity index (χ3v) is 3.62. The molecule has 2 unspecified atom stereocenters. The van der Waals surface area contributed by atoms with Crippen molar-refractivity contribution in [1.29, 1.82) is 0 Å². The Morgan fingerprint density at radius 1 is 1.35 bits per heavy atom. The van der Waals surface area contributed by atoms with Gasteiger partial charge in [-0.2, -0.15) is 0 Å². The van der Waals surface area contributed by atoms with Gasteiger partial charge >= 0.3 is 0 Å². The molecule has 4 heteroatoms. The maximum absolute atomic E-state index is 14.0. The third kappa shape index (κ3) is 4.03. The average molecular weight is 306 g/mol. The van der Waals surface area contributed by atoms with E-state index in [4.69, 9.17) is 5.73 Å². The first kappa shape index (κ1) is 14.6. The van der Waals surface area contributed by atoms with E-state index in [1.54, 1.807) is 12.1 Å². The summed E-state index contributed by atoms with van der Waals surface area (Å²) >= 11 is 3.10. The molecule has 0 saturated carbocycles. The van der Waals surface area contributed by atoms with Crippen molar-refractivity contribution >= 4 is 15.9 Å². The van der Waals surface area contributed by atoms with Gasteiger partial charge in [0.15, 0.2) is 0 Å². The molecule has 0 aromatic heterocycles. The minimum absolute atomic E-state index is 0.154. The summed E-state index contributed by atoms with van der Waals surface area (Å²) in [5, 5.41) is 0. The second kappa shape index (κ2) is 6.45.